The summed E-state index contributed by atoms with van der Waals surface area (Å²) in [7, 11) is -3.78. The lowest BCUT2D eigenvalue weighted by Gasteiger charge is -2.17. The Morgan fingerprint density at radius 2 is 1.83 bits per heavy atom. The van der Waals surface area contributed by atoms with Crippen molar-refractivity contribution in [3.63, 3.8) is 0 Å². The molecule has 0 aliphatic rings. The van der Waals surface area contributed by atoms with E-state index >= 15 is 0 Å². The van der Waals surface area contributed by atoms with Crippen molar-refractivity contribution in [3.05, 3.63) is 69.7 Å². The number of halogens is 6. The van der Waals surface area contributed by atoms with Crippen LogP contribution in [0, 0.1) is 11.6 Å². The SMILES string of the molecule is CS(=O)(=O)NCC(Oc1ccc(F)c(C(N)=O)c1F)c1nc(-c2ccc(C(F)(F)F)cc2)c(Br)o1. The number of nitrogens with two attached hydrogens (primary N) is 1. The average Bonchev–Trinajstić information content (AvgIpc) is 3.12. The van der Waals surface area contributed by atoms with Gasteiger partial charge in [-0.1, -0.05) is 12.1 Å². The number of nitrogens with one attached hydrogen (secondary N) is 1. The molecule has 188 valence electrons. The number of oxazole rings is 1. The van der Waals surface area contributed by atoms with E-state index in [0.29, 0.717) is 0 Å². The largest absolute Gasteiger partial charge is 0.476 e. The van der Waals surface area contributed by atoms with Crippen molar-refractivity contribution in [1.82, 2.24) is 9.71 Å². The zero-order valence-electron chi connectivity index (χ0n) is 17.5. The second kappa shape index (κ2) is 9.91. The van der Waals surface area contributed by atoms with Crippen molar-refractivity contribution in [2.75, 3.05) is 12.8 Å². The minimum atomic E-state index is -4.55. The van der Waals surface area contributed by atoms with Crippen LogP contribution in [-0.4, -0.2) is 32.1 Å². The first kappa shape index (κ1) is 26.6. The number of hydrogen-bond acceptors (Lipinski definition) is 6. The summed E-state index contributed by atoms with van der Waals surface area (Å²) in [6, 6.07) is 5.50. The van der Waals surface area contributed by atoms with Crippen molar-refractivity contribution >= 4 is 31.9 Å². The maximum Gasteiger partial charge on any atom is 0.416 e. The number of carbonyl (C=O) groups excluding carboxylic acids is 1. The summed E-state index contributed by atoms with van der Waals surface area (Å²) in [6.45, 7) is -0.541. The van der Waals surface area contributed by atoms with Gasteiger partial charge >= 0.3 is 6.18 Å². The van der Waals surface area contributed by atoms with Crippen LogP contribution < -0.4 is 15.2 Å². The van der Waals surface area contributed by atoms with Crippen molar-refractivity contribution in [3.8, 4) is 17.0 Å². The van der Waals surface area contributed by atoms with Crippen molar-refractivity contribution in [2.24, 2.45) is 5.73 Å². The van der Waals surface area contributed by atoms with E-state index in [4.69, 9.17) is 14.9 Å². The number of rotatable bonds is 8. The molecule has 15 heteroatoms. The smallest absolute Gasteiger partial charge is 0.416 e. The van der Waals surface area contributed by atoms with E-state index in [1.165, 1.54) is 0 Å². The number of amides is 1. The first-order valence-corrected chi connectivity index (χ1v) is 12.1. The van der Waals surface area contributed by atoms with Crippen LogP contribution in [0.5, 0.6) is 5.75 Å². The van der Waals surface area contributed by atoms with E-state index in [1.807, 2.05) is 0 Å². The molecule has 0 fully saturated rings. The summed E-state index contributed by atoms with van der Waals surface area (Å²) in [4.78, 5) is 15.5. The number of ether oxygens (including phenoxy) is 1. The van der Waals surface area contributed by atoms with Crippen LogP contribution >= 0.6 is 15.9 Å². The minimum Gasteiger partial charge on any atom is -0.476 e. The molecule has 0 bridgehead atoms. The Balaban J connectivity index is 2.00. The van der Waals surface area contributed by atoms with Crippen LogP contribution in [0.1, 0.15) is 27.9 Å². The van der Waals surface area contributed by atoms with Crippen LogP contribution in [0.15, 0.2) is 45.5 Å². The monoisotopic (exact) mass is 583 g/mol. The molecule has 35 heavy (non-hydrogen) atoms. The Bertz CT molecular complexity index is 1360. The maximum absolute atomic E-state index is 14.7. The van der Waals surface area contributed by atoms with Crippen LogP contribution in [0.4, 0.5) is 22.0 Å². The summed E-state index contributed by atoms with van der Waals surface area (Å²) >= 11 is 3.08. The molecule has 0 aliphatic heterocycles. The average molecular weight is 584 g/mol. The molecule has 3 N–H and O–H groups in total. The van der Waals surface area contributed by atoms with Crippen molar-refractivity contribution < 1.29 is 44.3 Å². The molecule has 8 nitrogen and oxygen atoms in total. The predicted octanol–water partition coefficient (Wildman–Crippen LogP) is 4.17. The fraction of sp³-hybridized carbons (Fsp3) is 0.200. The van der Waals surface area contributed by atoms with Gasteiger partial charge in [0.2, 0.25) is 15.9 Å². The third-order valence-electron chi connectivity index (χ3n) is 4.47. The van der Waals surface area contributed by atoms with Gasteiger partial charge in [-0.05, 0) is 40.2 Å². The molecule has 1 aromatic heterocycles. The molecule has 0 radical (unpaired) electrons. The molecule has 3 rings (SSSR count). The van der Waals surface area contributed by atoms with Crippen molar-refractivity contribution in [2.45, 2.75) is 12.3 Å². The van der Waals surface area contributed by atoms with E-state index in [2.05, 4.69) is 25.6 Å². The number of aromatic nitrogens is 1. The normalized spacial score (nSPS) is 13.0. The number of nitrogens with zero attached hydrogens (tertiary/aromatic N) is 1. The standard InChI is InChI=1S/C20H15BrF5N3O5S/c1-35(31,32)28-8-13(33-12-7-6-11(22)14(15(12)23)18(27)30)19-29-16(17(21)34-19)9-2-4-10(5-3-9)20(24,25)26/h2-7,13,28H,8H2,1H3,(H2,27,30). The Morgan fingerprint density at radius 3 is 2.37 bits per heavy atom. The molecule has 0 aliphatic carbocycles. The van der Waals surface area contributed by atoms with Gasteiger partial charge in [0.05, 0.1) is 18.4 Å². The molecule has 1 atom stereocenters. The zero-order valence-corrected chi connectivity index (χ0v) is 19.9. The third-order valence-corrected chi connectivity index (χ3v) is 5.69. The predicted molar refractivity (Wildman–Crippen MR) is 116 cm³/mol. The van der Waals surface area contributed by atoms with E-state index in [1.54, 1.807) is 0 Å². The van der Waals surface area contributed by atoms with E-state index in [0.717, 1.165) is 42.7 Å². The highest BCUT2D eigenvalue weighted by Gasteiger charge is 2.31. The van der Waals surface area contributed by atoms with Gasteiger partial charge < -0.3 is 14.9 Å². The van der Waals surface area contributed by atoms with E-state index in [9.17, 15) is 35.2 Å². The second-order valence-electron chi connectivity index (χ2n) is 7.08. The summed E-state index contributed by atoms with van der Waals surface area (Å²) in [5.41, 5.74) is 3.28. The van der Waals surface area contributed by atoms with Gasteiger partial charge in [-0.2, -0.15) is 13.2 Å². The Morgan fingerprint density at radius 1 is 1.20 bits per heavy atom. The van der Waals surface area contributed by atoms with Gasteiger partial charge in [0.25, 0.3) is 5.91 Å². The number of benzene rings is 2. The van der Waals surface area contributed by atoms with Gasteiger partial charge in [0, 0.05) is 5.56 Å². The van der Waals surface area contributed by atoms with E-state index in [-0.39, 0.29) is 21.8 Å². The number of hydrogen-bond donors (Lipinski definition) is 2. The Kier molecular flexibility index (Phi) is 7.52. The summed E-state index contributed by atoms with van der Waals surface area (Å²) in [5, 5.41) is 0. The van der Waals surface area contributed by atoms with Crippen LogP contribution in [0.2, 0.25) is 0 Å². The van der Waals surface area contributed by atoms with Gasteiger partial charge in [-0.15, -0.1) is 0 Å². The second-order valence-corrected chi connectivity index (χ2v) is 9.63. The number of carbonyl (C=O) groups is 1. The van der Waals surface area contributed by atoms with Gasteiger partial charge in [-0.3, -0.25) is 4.79 Å². The van der Waals surface area contributed by atoms with E-state index < -0.39 is 63.3 Å². The van der Waals surface area contributed by atoms with Gasteiger partial charge in [-0.25, -0.2) is 26.9 Å². The highest BCUT2D eigenvalue weighted by molar-refractivity contribution is 9.10. The molecule has 3 aromatic rings. The topological polar surface area (TPSA) is 125 Å². The molecule has 2 aromatic carbocycles. The van der Waals surface area contributed by atoms with Crippen LogP contribution in [0.25, 0.3) is 11.3 Å². The zero-order chi connectivity index (χ0) is 26.1. The van der Waals surface area contributed by atoms with Gasteiger partial charge in [0.15, 0.2) is 22.3 Å². The molecule has 1 unspecified atom stereocenters. The first-order valence-electron chi connectivity index (χ1n) is 9.40. The lowest BCUT2D eigenvalue weighted by atomic mass is 10.1. The summed E-state index contributed by atoms with van der Waals surface area (Å²) in [5.74, 6) is -5.05. The Hall–Kier alpha value is -3.04. The Labute approximate surface area is 203 Å². The maximum atomic E-state index is 14.7. The van der Waals surface area contributed by atoms with Gasteiger partial charge in [0.1, 0.15) is 17.1 Å². The highest BCUT2D eigenvalue weighted by atomic mass is 79.9. The quantitative estimate of drug-likeness (QED) is 0.383. The third kappa shape index (κ3) is 6.35. The molecular formula is C20H15BrF5N3O5S. The summed E-state index contributed by atoms with van der Waals surface area (Å²) < 4.78 is 103. The number of sulfonamides is 1. The summed E-state index contributed by atoms with van der Waals surface area (Å²) in [6.07, 6.45) is -5.17. The molecule has 0 spiro atoms. The fourth-order valence-electron chi connectivity index (χ4n) is 2.86. The number of primary amides is 1. The lowest BCUT2D eigenvalue weighted by Crippen LogP contribution is -2.30. The minimum absolute atomic E-state index is 0.0408. The molecule has 1 amide bonds. The molecular weight excluding hydrogens is 569 g/mol. The number of alkyl halides is 3. The van der Waals surface area contributed by atoms with Crippen molar-refractivity contribution in [1.29, 1.82) is 0 Å². The first-order chi connectivity index (χ1) is 16.2. The lowest BCUT2D eigenvalue weighted by molar-refractivity contribution is -0.137. The van der Waals surface area contributed by atoms with Crippen LogP contribution in [-0.2, 0) is 16.2 Å². The van der Waals surface area contributed by atoms with Crippen LogP contribution in [0.3, 0.4) is 0 Å². The molecule has 0 saturated carbocycles. The fourth-order valence-corrected chi connectivity index (χ4v) is 3.80. The molecule has 0 saturated heterocycles. The molecule has 1 heterocycles. The highest BCUT2D eigenvalue weighted by Crippen LogP contribution is 2.35.